The predicted molar refractivity (Wildman–Crippen MR) is 102 cm³/mol. The minimum absolute atomic E-state index is 0.0481. The van der Waals surface area contributed by atoms with Crippen LogP contribution in [0.2, 0.25) is 0 Å². The van der Waals surface area contributed by atoms with Crippen LogP contribution >= 0.6 is 0 Å². The van der Waals surface area contributed by atoms with Gasteiger partial charge in [-0.15, -0.1) is 0 Å². The van der Waals surface area contributed by atoms with Crippen molar-refractivity contribution in [2.75, 3.05) is 13.1 Å². The first-order valence-corrected chi connectivity index (χ1v) is 10.6. The Kier molecular flexibility index (Phi) is 5.43. The van der Waals surface area contributed by atoms with Gasteiger partial charge in [0.1, 0.15) is 0 Å². The molecule has 1 amide bonds. The van der Waals surface area contributed by atoms with E-state index in [0.717, 1.165) is 57.3 Å². The van der Waals surface area contributed by atoms with Crippen molar-refractivity contribution in [1.82, 2.24) is 10.2 Å². The zero-order valence-corrected chi connectivity index (χ0v) is 16.2. The van der Waals surface area contributed by atoms with Crippen LogP contribution in [0.3, 0.4) is 0 Å². The van der Waals surface area contributed by atoms with Gasteiger partial charge in [-0.2, -0.15) is 13.2 Å². The standard InChI is InChI=1S/C22H29F3N2O/c23-22(24,25)18-6-4-5-16(13-18)15-26-20(28)21(17-7-8-17)10-9-19(14-21)27-11-2-1-3-12-27/h4-6,13,17,19H,1-3,7-12,14-15H2,(H,26,28). The molecule has 1 N–H and O–H groups in total. The Morgan fingerprint density at radius 3 is 2.57 bits per heavy atom. The Hall–Kier alpha value is -1.56. The highest BCUT2D eigenvalue weighted by atomic mass is 19.4. The summed E-state index contributed by atoms with van der Waals surface area (Å²) >= 11 is 0. The number of carbonyl (C=O) groups is 1. The monoisotopic (exact) mass is 394 g/mol. The highest BCUT2D eigenvalue weighted by Gasteiger charge is 2.55. The maximum Gasteiger partial charge on any atom is 0.416 e. The molecule has 2 saturated carbocycles. The third-order valence-corrected chi connectivity index (χ3v) is 6.95. The second-order valence-electron chi connectivity index (χ2n) is 8.80. The number of amides is 1. The molecule has 2 atom stereocenters. The highest BCUT2D eigenvalue weighted by molar-refractivity contribution is 5.83. The van der Waals surface area contributed by atoms with Gasteiger partial charge in [0.05, 0.1) is 11.0 Å². The van der Waals surface area contributed by atoms with E-state index in [1.807, 2.05) is 0 Å². The van der Waals surface area contributed by atoms with Gasteiger partial charge in [0.2, 0.25) is 5.91 Å². The van der Waals surface area contributed by atoms with Gasteiger partial charge >= 0.3 is 6.18 Å². The lowest BCUT2D eigenvalue weighted by Crippen LogP contribution is -2.43. The molecule has 3 nitrogen and oxygen atoms in total. The number of carbonyl (C=O) groups excluding carboxylic acids is 1. The number of likely N-dealkylation sites (tertiary alicyclic amines) is 1. The summed E-state index contributed by atoms with van der Waals surface area (Å²) in [6, 6.07) is 5.74. The Balaban J connectivity index is 1.41. The Labute approximate surface area is 164 Å². The van der Waals surface area contributed by atoms with E-state index in [-0.39, 0.29) is 17.9 Å². The van der Waals surface area contributed by atoms with Gasteiger partial charge in [0, 0.05) is 12.6 Å². The molecule has 154 valence electrons. The van der Waals surface area contributed by atoms with Crippen LogP contribution in [0.15, 0.2) is 24.3 Å². The van der Waals surface area contributed by atoms with Crippen LogP contribution in [-0.4, -0.2) is 29.9 Å². The van der Waals surface area contributed by atoms with Crippen molar-refractivity contribution in [3.8, 4) is 0 Å². The quantitative estimate of drug-likeness (QED) is 0.781. The largest absolute Gasteiger partial charge is 0.416 e. The fourth-order valence-corrected chi connectivity index (χ4v) is 5.26. The predicted octanol–water partition coefficient (Wildman–Crippen LogP) is 4.76. The van der Waals surface area contributed by atoms with Crippen LogP contribution < -0.4 is 5.32 Å². The molecule has 0 radical (unpaired) electrons. The number of nitrogens with one attached hydrogen (secondary N) is 1. The van der Waals surface area contributed by atoms with Crippen molar-refractivity contribution in [2.24, 2.45) is 11.3 Å². The minimum Gasteiger partial charge on any atom is -0.352 e. The summed E-state index contributed by atoms with van der Waals surface area (Å²) < 4.78 is 38.7. The van der Waals surface area contributed by atoms with E-state index in [2.05, 4.69) is 10.2 Å². The normalized spacial score (nSPS) is 29.0. The molecule has 2 aliphatic carbocycles. The highest BCUT2D eigenvalue weighted by Crippen LogP contribution is 2.56. The molecule has 1 aromatic rings. The molecule has 28 heavy (non-hydrogen) atoms. The molecule has 0 bridgehead atoms. The minimum atomic E-state index is -4.36. The molecule has 1 aromatic carbocycles. The molecule has 2 unspecified atom stereocenters. The fraction of sp³-hybridized carbons (Fsp3) is 0.682. The van der Waals surface area contributed by atoms with Gasteiger partial charge in [-0.3, -0.25) is 4.79 Å². The fourth-order valence-electron chi connectivity index (χ4n) is 5.26. The third-order valence-electron chi connectivity index (χ3n) is 6.95. The molecule has 0 aromatic heterocycles. The van der Waals surface area contributed by atoms with Crippen LogP contribution in [-0.2, 0) is 17.5 Å². The lowest BCUT2D eigenvalue weighted by molar-refractivity contribution is -0.137. The van der Waals surface area contributed by atoms with Gasteiger partial charge < -0.3 is 10.2 Å². The molecule has 6 heteroatoms. The number of alkyl halides is 3. The van der Waals surface area contributed by atoms with E-state index in [1.165, 1.54) is 25.3 Å². The van der Waals surface area contributed by atoms with E-state index in [0.29, 0.717) is 17.5 Å². The van der Waals surface area contributed by atoms with Gasteiger partial charge in [-0.05, 0) is 81.6 Å². The Bertz CT molecular complexity index is 710. The number of hydrogen-bond acceptors (Lipinski definition) is 2. The zero-order chi connectivity index (χ0) is 19.8. The average molecular weight is 394 g/mol. The number of rotatable bonds is 5. The van der Waals surface area contributed by atoms with E-state index in [1.54, 1.807) is 6.07 Å². The van der Waals surface area contributed by atoms with Gasteiger partial charge in [0.15, 0.2) is 0 Å². The Morgan fingerprint density at radius 2 is 1.89 bits per heavy atom. The summed E-state index contributed by atoms with van der Waals surface area (Å²) in [6.07, 6.45) is 4.51. The van der Waals surface area contributed by atoms with Crippen LogP contribution in [0.5, 0.6) is 0 Å². The van der Waals surface area contributed by atoms with E-state index in [9.17, 15) is 18.0 Å². The topological polar surface area (TPSA) is 32.3 Å². The summed E-state index contributed by atoms with van der Waals surface area (Å²) in [4.78, 5) is 15.7. The molecular weight excluding hydrogens is 365 g/mol. The second kappa shape index (κ2) is 7.69. The first-order valence-electron chi connectivity index (χ1n) is 10.6. The van der Waals surface area contributed by atoms with Crippen molar-refractivity contribution >= 4 is 5.91 Å². The van der Waals surface area contributed by atoms with Crippen LogP contribution in [0.1, 0.15) is 62.5 Å². The molecule has 1 heterocycles. The third kappa shape index (κ3) is 4.07. The number of nitrogens with zero attached hydrogens (tertiary/aromatic N) is 1. The van der Waals surface area contributed by atoms with E-state index in [4.69, 9.17) is 0 Å². The van der Waals surface area contributed by atoms with Crippen LogP contribution in [0.4, 0.5) is 13.2 Å². The van der Waals surface area contributed by atoms with Gasteiger partial charge in [-0.25, -0.2) is 0 Å². The maximum atomic E-state index is 13.2. The molecule has 0 spiro atoms. The molecular formula is C22H29F3N2O. The lowest BCUT2D eigenvalue weighted by atomic mass is 9.79. The van der Waals surface area contributed by atoms with Crippen molar-refractivity contribution < 1.29 is 18.0 Å². The smallest absolute Gasteiger partial charge is 0.352 e. The maximum absolute atomic E-state index is 13.2. The van der Waals surface area contributed by atoms with Crippen LogP contribution in [0, 0.1) is 11.3 Å². The lowest BCUT2D eigenvalue weighted by Gasteiger charge is -2.34. The van der Waals surface area contributed by atoms with Gasteiger partial charge in [-0.1, -0.05) is 18.6 Å². The SMILES string of the molecule is O=C(NCc1cccc(C(F)(F)F)c1)C1(C2CC2)CCC(N2CCCCC2)C1. The summed E-state index contributed by atoms with van der Waals surface area (Å²) in [5, 5.41) is 2.98. The first kappa shape index (κ1) is 19.7. The second-order valence-corrected chi connectivity index (χ2v) is 8.80. The van der Waals surface area contributed by atoms with Crippen molar-refractivity contribution in [3.63, 3.8) is 0 Å². The Morgan fingerprint density at radius 1 is 1.14 bits per heavy atom. The average Bonchev–Trinajstić information content (AvgIpc) is 3.45. The van der Waals surface area contributed by atoms with Gasteiger partial charge in [0.25, 0.3) is 0 Å². The van der Waals surface area contributed by atoms with E-state index >= 15 is 0 Å². The summed E-state index contributed by atoms with van der Waals surface area (Å²) in [5.74, 6) is 0.496. The number of piperidine rings is 1. The molecule has 4 rings (SSSR count). The number of hydrogen-bond donors (Lipinski definition) is 1. The molecule has 3 fully saturated rings. The van der Waals surface area contributed by atoms with Crippen LogP contribution in [0.25, 0.3) is 0 Å². The number of halogens is 3. The van der Waals surface area contributed by atoms with E-state index < -0.39 is 11.7 Å². The van der Waals surface area contributed by atoms with Crippen molar-refractivity contribution in [1.29, 1.82) is 0 Å². The summed E-state index contributed by atoms with van der Waals surface area (Å²) in [6.45, 7) is 2.43. The summed E-state index contributed by atoms with van der Waals surface area (Å²) in [7, 11) is 0. The summed E-state index contributed by atoms with van der Waals surface area (Å²) in [5.41, 5.74) is -0.481. The first-order chi connectivity index (χ1) is 13.4. The molecule has 3 aliphatic rings. The van der Waals surface area contributed by atoms with Crippen molar-refractivity contribution in [3.05, 3.63) is 35.4 Å². The zero-order valence-electron chi connectivity index (χ0n) is 16.2. The molecule has 1 aliphatic heterocycles. The molecule has 1 saturated heterocycles. The number of benzene rings is 1. The van der Waals surface area contributed by atoms with Crippen molar-refractivity contribution in [2.45, 2.75) is 70.1 Å².